The van der Waals surface area contributed by atoms with Gasteiger partial charge in [-0.1, -0.05) is 18.2 Å². The van der Waals surface area contributed by atoms with Crippen LogP contribution >= 0.6 is 0 Å². The molecule has 1 atom stereocenters. The second-order valence-electron chi connectivity index (χ2n) is 3.91. The average molecular weight is 226 g/mol. The number of benzene rings is 1. The van der Waals surface area contributed by atoms with Crippen LogP contribution in [0.25, 0.3) is 0 Å². The van der Waals surface area contributed by atoms with Gasteiger partial charge in [-0.25, -0.2) is 13.6 Å². The highest BCUT2D eigenvalue weighted by molar-refractivity contribution is 5.89. The van der Waals surface area contributed by atoms with E-state index in [1.54, 1.807) is 30.3 Å². The fourth-order valence-electron chi connectivity index (χ4n) is 1.81. The van der Waals surface area contributed by atoms with Crippen molar-refractivity contribution in [3.05, 3.63) is 35.9 Å². The van der Waals surface area contributed by atoms with Gasteiger partial charge in [0.15, 0.2) is 6.10 Å². The molecule has 1 fully saturated rings. The molecule has 2 nitrogen and oxygen atoms in total. The highest BCUT2D eigenvalue weighted by atomic mass is 19.3. The summed E-state index contributed by atoms with van der Waals surface area (Å²) in [6.07, 6.45) is -0.814. The van der Waals surface area contributed by atoms with Gasteiger partial charge in [0.1, 0.15) is 0 Å². The zero-order valence-electron chi connectivity index (χ0n) is 8.66. The van der Waals surface area contributed by atoms with Crippen LogP contribution in [0.15, 0.2) is 30.3 Å². The van der Waals surface area contributed by atoms with Crippen molar-refractivity contribution in [2.24, 2.45) is 0 Å². The first-order chi connectivity index (χ1) is 7.59. The van der Waals surface area contributed by atoms with Crippen LogP contribution in [0, 0.1) is 0 Å². The topological polar surface area (TPSA) is 26.3 Å². The molecule has 0 radical (unpaired) electrons. The lowest BCUT2D eigenvalue weighted by Crippen LogP contribution is -2.32. The molecule has 0 unspecified atom stereocenters. The van der Waals surface area contributed by atoms with Gasteiger partial charge in [0, 0.05) is 6.42 Å². The molecular formula is C12H12F2O2. The molecular weight excluding hydrogens is 214 g/mol. The first kappa shape index (κ1) is 11.0. The molecule has 0 heterocycles. The van der Waals surface area contributed by atoms with Crippen LogP contribution in [0.3, 0.4) is 0 Å². The molecule has 0 amide bonds. The molecule has 1 aromatic rings. The maximum Gasteiger partial charge on any atom is 0.338 e. The summed E-state index contributed by atoms with van der Waals surface area (Å²) in [6.45, 7) is 0. The molecule has 2 rings (SSSR count). The predicted octanol–water partition coefficient (Wildman–Crippen LogP) is 3.03. The van der Waals surface area contributed by atoms with Crippen LogP contribution < -0.4 is 0 Å². The van der Waals surface area contributed by atoms with Gasteiger partial charge < -0.3 is 4.74 Å². The molecule has 86 valence electrons. The van der Waals surface area contributed by atoms with Crippen molar-refractivity contribution in [3.8, 4) is 0 Å². The third kappa shape index (κ3) is 2.21. The Bertz CT molecular complexity index is 376. The summed E-state index contributed by atoms with van der Waals surface area (Å²) in [5, 5.41) is 0. The Hall–Kier alpha value is -1.45. The average Bonchev–Trinajstić information content (AvgIpc) is 2.59. The number of carbonyl (C=O) groups is 1. The molecule has 0 bridgehead atoms. The molecule has 16 heavy (non-hydrogen) atoms. The Morgan fingerprint density at radius 1 is 1.31 bits per heavy atom. The van der Waals surface area contributed by atoms with Gasteiger partial charge in [-0.05, 0) is 25.0 Å². The first-order valence-corrected chi connectivity index (χ1v) is 5.23. The number of carbonyl (C=O) groups excluding carboxylic acids is 1. The molecule has 0 aromatic heterocycles. The zero-order valence-corrected chi connectivity index (χ0v) is 8.66. The smallest absolute Gasteiger partial charge is 0.338 e. The molecule has 1 aromatic carbocycles. The second-order valence-corrected chi connectivity index (χ2v) is 3.91. The fourth-order valence-corrected chi connectivity index (χ4v) is 1.81. The molecule has 1 aliphatic carbocycles. The Morgan fingerprint density at radius 2 is 2.00 bits per heavy atom. The van der Waals surface area contributed by atoms with Crippen molar-refractivity contribution in [1.82, 2.24) is 0 Å². The van der Waals surface area contributed by atoms with E-state index >= 15 is 0 Å². The lowest BCUT2D eigenvalue weighted by Gasteiger charge is -2.19. The minimum absolute atomic E-state index is 0.195. The minimum atomic E-state index is -2.87. The van der Waals surface area contributed by atoms with Crippen LogP contribution in [-0.2, 0) is 4.74 Å². The minimum Gasteiger partial charge on any atom is -0.452 e. The largest absolute Gasteiger partial charge is 0.452 e. The summed E-state index contributed by atoms with van der Waals surface area (Å²) >= 11 is 0. The summed E-state index contributed by atoms with van der Waals surface area (Å²) in [7, 11) is 0. The molecule has 0 N–H and O–H groups in total. The summed E-state index contributed by atoms with van der Waals surface area (Å²) in [6, 6.07) is 8.19. The first-order valence-electron chi connectivity index (χ1n) is 5.23. The molecule has 0 spiro atoms. The normalized spacial score (nSPS) is 23.0. The third-order valence-electron chi connectivity index (χ3n) is 2.71. The van der Waals surface area contributed by atoms with Gasteiger partial charge in [0.2, 0.25) is 0 Å². The highest BCUT2D eigenvalue weighted by Crippen LogP contribution is 2.37. The van der Waals surface area contributed by atoms with Crippen LogP contribution in [0.1, 0.15) is 29.6 Å². The fraction of sp³-hybridized carbons (Fsp3) is 0.417. The van der Waals surface area contributed by atoms with Crippen molar-refractivity contribution in [2.75, 3.05) is 0 Å². The maximum atomic E-state index is 13.2. The highest BCUT2D eigenvalue weighted by Gasteiger charge is 2.46. The zero-order chi connectivity index (χ0) is 11.6. The van der Waals surface area contributed by atoms with Crippen LogP contribution in [-0.4, -0.2) is 18.0 Å². The van der Waals surface area contributed by atoms with E-state index in [-0.39, 0.29) is 12.8 Å². The second kappa shape index (κ2) is 4.20. The van der Waals surface area contributed by atoms with E-state index < -0.39 is 18.0 Å². The molecule has 4 heteroatoms. The number of alkyl halides is 2. The van der Waals surface area contributed by atoms with E-state index in [0.717, 1.165) is 0 Å². The number of halogens is 2. The summed E-state index contributed by atoms with van der Waals surface area (Å²) < 4.78 is 31.2. The van der Waals surface area contributed by atoms with E-state index in [9.17, 15) is 13.6 Å². The van der Waals surface area contributed by atoms with Crippen molar-refractivity contribution in [1.29, 1.82) is 0 Å². The molecule has 0 aliphatic heterocycles. The van der Waals surface area contributed by atoms with Crippen molar-refractivity contribution in [2.45, 2.75) is 31.3 Å². The number of esters is 1. The molecule has 1 saturated carbocycles. The predicted molar refractivity (Wildman–Crippen MR) is 54.4 cm³/mol. The van der Waals surface area contributed by atoms with Gasteiger partial charge in [0.05, 0.1) is 5.56 Å². The van der Waals surface area contributed by atoms with Gasteiger partial charge in [-0.2, -0.15) is 0 Å². The van der Waals surface area contributed by atoms with E-state index in [2.05, 4.69) is 0 Å². The Balaban J connectivity index is 2.03. The monoisotopic (exact) mass is 226 g/mol. The Labute approximate surface area is 92.2 Å². The standard InChI is InChI=1S/C12H12F2O2/c13-12(14)8-4-7-10(12)16-11(15)9-5-2-1-3-6-9/h1-3,5-6,10H,4,7-8H2/t10-/m0/s1. The molecule has 1 aliphatic rings. The van der Waals surface area contributed by atoms with Gasteiger partial charge >= 0.3 is 5.97 Å². The summed E-state index contributed by atoms with van der Waals surface area (Å²) in [5.74, 6) is -3.54. The Kier molecular flexibility index (Phi) is 2.90. The number of ether oxygens (including phenoxy) is 1. The quantitative estimate of drug-likeness (QED) is 0.724. The Morgan fingerprint density at radius 3 is 2.56 bits per heavy atom. The van der Waals surface area contributed by atoms with E-state index in [4.69, 9.17) is 4.74 Å². The number of hydrogen-bond acceptors (Lipinski definition) is 2. The molecule has 0 saturated heterocycles. The van der Waals surface area contributed by atoms with E-state index in [0.29, 0.717) is 12.0 Å². The van der Waals surface area contributed by atoms with Crippen LogP contribution in [0.4, 0.5) is 8.78 Å². The lowest BCUT2D eigenvalue weighted by atomic mass is 10.2. The van der Waals surface area contributed by atoms with Crippen molar-refractivity contribution >= 4 is 5.97 Å². The number of rotatable bonds is 2. The van der Waals surface area contributed by atoms with Crippen LogP contribution in [0.5, 0.6) is 0 Å². The van der Waals surface area contributed by atoms with Gasteiger partial charge in [0.25, 0.3) is 5.92 Å². The maximum absolute atomic E-state index is 13.2. The van der Waals surface area contributed by atoms with Gasteiger partial charge in [-0.3, -0.25) is 0 Å². The van der Waals surface area contributed by atoms with Crippen molar-refractivity contribution in [3.63, 3.8) is 0 Å². The SMILES string of the molecule is O=C(O[C@H]1CCCC1(F)F)c1ccccc1. The third-order valence-corrected chi connectivity index (χ3v) is 2.71. The van der Waals surface area contributed by atoms with E-state index in [1.165, 1.54) is 0 Å². The van der Waals surface area contributed by atoms with E-state index in [1.807, 2.05) is 0 Å². The lowest BCUT2D eigenvalue weighted by molar-refractivity contribution is -0.0944. The van der Waals surface area contributed by atoms with Crippen molar-refractivity contribution < 1.29 is 18.3 Å². The summed E-state index contributed by atoms with van der Waals surface area (Å²) in [4.78, 5) is 11.5. The number of hydrogen-bond donors (Lipinski definition) is 0. The summed E-state index contributed by atoms with van der Waals surface area (Å²) in [5.41, 5.74) is 0.310. The van der Waals surface area contributed by atoms with Gasteiger partial charge in [-0.15, -0.1) is 0 Å². The van der Waals surface area contributed by atoms with Crippen LogP contribution in [0.2, 0.25) is 0 Å².